The molecular weight excluding hydrogens is 308 g/mol. The number of hydrogen-bond acceptors (Lipinski definition) is 5. The van der Waals surface area contributed by atoms with Crippen LogP contribution in [-0.2, 0) is 29.2 Å². The van der Waals surface area contributed by atoms with Gasteiger partial charge in [-0.15, -0.1) is 5.10 Å². The van der Waals surface area contributed by atoms with Crippen LogP contribution in [0.3, 0.4) is 0 Å². The van der Waals surface area contributed by atoms with E-state index >= 15 is 0 Å². The van der Waals surface area contributed by atoms with Gasteiger partial charge in [0.25, 0.3) is 4.84 Å². The maximum atomic E-state index is 11.1. The first-order chi connectivity index (χ1) is 9.94. The van der Waals surface area contributed by atoms with Crippen LogP contribution in [0.4, 0.5) is 0 Å². The normalized spacial score (nSPS) is 11.7. The zero-order chi connectivity index (χ0) is 15.3. The Morgan fingerprint density at radius 3 is 2.62 bits per heavy atom. The highest BCUT2D eigenvalue weighted by Crippen LogP contribution is 2.08. The summed E-state index contributed by atoms with van der Waals surface area (Å²) in [6.45, 7) is 0.236. The smallest absolute Gasteiger partial charge is 0.287 e. The third-order valence-corrected chi connectivity index (χ3v) is 4.24. The molecule has 2 aromatic rings. The Bertz CT molecular complexity index is 733. The van der Waals surface area contributed by atoms with Gasteiger partial charge in [-0.25, -0.2) is 13.1 Å². The van der Waals surface area contributed by atoms with E-state index in [4.69, 9.17) is 16.6 Å². The summed E-state index contributed by atoms with van der Waals surface area (Å²) in [4.78, 5) is 0.230. The Morgan fingerprint density at radius 1 is 1.24 bits per heavy atom. The lowest BCUT2D eigenvalue weighted by atomic mass is 10.1. The molecule has 1 aromatic carbocycles. The molecule has 0 unspecified atom stereocenters. The van der Waals surface area contributed by atoms with Crippen molar-refractivity contribution in [2.24, 2.45) is 0 Å². The van der Waals surface area contributed by atoms with Crippen molar-refractivity contribution >= 4 is 22.1 Å². The molecule has 1 aromatic heterocycles. The van der Waals surface area contributed by atoms with E-state index in [0.29, 0.717) is 12.3 Å². The summed E-state index contributed by atoms with van der Waals surface area (Å²) in [6, 6.07) is 10.2. The van der Waals surface area contributed by atoms with Crippen LogP contribution in [0.5, 0.6) is 0 Å². The molecule has 0 saturated carbocycles. The van der Waals surface area contributed by atoms with Gasteiger partial charge in [0.05, 0.1) is 12.3 Å². The van der Waals surface area contributed by atoms with Gasteiger partial charge in [0.2, 0.25) is 5.89 Å². The number of aromatic nitrogens is 2. The fourth-order valence-corrected chi connectivity index (χ4v) is 2.67. The van der Waals surface area contributed by atoms with E-state index in [0.717, 1.165) is 12.8 Å². The van der Waals surface area contributed by atoms with E-state index in [-0.39, 0.29) is 17.1 Å². The molecule has 0 spiro atoms. The molecule has 0 saturated heterocycles. The second-order valence-electron chi connectivity index (χ2n) is 4.95. The minimum absolute atomic E-state index is 0.0112. The van der Waals surface area contributed by atoms with Gasteiger partial charge < -0.3 is 4.42 Å². The second-order valence-corrected chi connectivity index (χ2v) is 7.56. The molecular formula is C14H18N2O3S2. The lowest BCUT2D eigenvalue weighted by Gasteiger charge is -1.99. The van der Waals surface area contributed by atoms with Gasteiger partial charge in [-0.2, -0.15) is 0 Å². The number of aryl methyl sites for hydroxylation is 3. The van der Waals surface area contributed by atoms with Gasteiger partial charge in [-0.05, 0) is 30.6 Å². The van der Waals surface area contributed by atoms with Gasteiger partial charge in [0, 0.05) is 12.7 Å². The molecule has 7 heteroatoms. The molecule has 21 heavy (non-hydrogen) atoms. The van der Waals surface area contributed by atoms with Crippen molar-refractivity contribution in [1.29, 1.82) is 0 Å². The standard InChI is InChI=1S/C14H18N2O3S2/c1-21(17,18)11-10-16-14(20)19-13(15-16)9-5-8-12-6-3-2-4-7-12/h2-4,6-7H,5,8-11H2,1H3. The highest BCUT2D eigenvalue weighted by atomic mass is 32.2. The molecule has 0 bridgehead atoms. The van der Waals surface area contributed by atoms with Crippen molar-refractivity contribution in [3.05, 3.63) is 46.6 Å². The Labute approximate surface area is 129 Å². The van der Waals surface area contributed by atoms with Crippen molar-refractivity contribution < 1.29 is 12.8 Å². The molecule has 0 aliphatic rings. The van der Waals surface area contributed by atoms with Gasteiger partial charge in [0.15, 0.2) is 0 Å². The summed E-state index contributed by atoms with van der Waals surface area (Å²) in [5, 5.41) is 4.23. The average molecular weight is 326 g/mol. The monoisotopic (exact) mass is 326 g/mol. The molecule has 5 nitrogen and oxygen atoms in total. The molecule has 0 fully saturated rings. The van der Waals surface area contributed by atoms with Crippen molar-refractivity contribution in [3.63, 3.8) is 0 Å². The van der Waals surface area contributed by atoms with Crippen LogP contribution in [0.1, 0.15) is 17.9 Å². The zero-order valence-corrected chi connectivity index (χ0v) is 13.5. The Kier molecular flexibility index (Phi) is 5.30. The fourth-order valence-electron chi connectivity index (χ4n) is 1.93. The summed E-state index contributed by atoms with van der Waals surface area (Å²) in [6.07, 6.45) is 3.73. The molecule has 2 rings (SSSR count). The predicted octanol–water partition coefficient (Wildman–Crippen LogP) is 2.43. The summed E-state index contributed by atoms with van der Waals surface area (Å²) in [5.41, 5.74) is 1.27. The van der Waals surface area contributed by atoms with E-state index in [1.165, 1.54) is 16.5 Å². The highest BCUT2D eigenvalue weighted by Gasteiger charge is 2.08. The lowest BCUT2D eigenvalue weighted by molar-refractivity contribution is 0.466. The Balaban J connectivity index is 1.88. The van der Waals surface area contributed by atoms with Crippen LogP contribution < -0.4 is 0 Å². The zero-order valence-electron chi connectivity index (χ0n) is 11.9. The minimum atomic E-state index is -3.03. The SMILES string of the molecule is CS(=O)(=O)CCn1nc(CCCc2ccccc2)oc1=S. The van der Waals surface area contributed by atoms with Crippen molar-refractivity contribution in [2.45, 2.75) is 25.8 Å². The second kappa shape index (κ2) is 7.00. The maximum absolute atomic E-state index is 11.1. The molecule has 0 aliphatic carbocycles. The fraction of sp³-hybridized carbons (Fsp3) is 0.429. The molecule has 0 N–H and O–H groups in total. The molecule has 0 amide bonds. The van der Waals surface area contributed by atoms with Gasteiger partial charge in [0.1, 0.15) is 9.84 Å². The molecule has 1 heterocycles. The summed E-state index contributed by atoms with van der Waals surface area (Å²) < 4.78 is 29.1. The third-order valence-electron chi connectivity index (χ3n) is 3.02. The summed E-state index contributed by atoms with van der Waals surface area (Å²) >= 11 is 5.04. The maximum Gasteiger partial charge on any atom is 0.287 e. The first-order valence-corrected chi connectivity index (χ1v) is 9.19. The molecule has 0 radical (unpaired) electrons. The lowest BCUT2D eigenvalue weighted by Crippen LogP contribution is -2.12. The van der Waals surface area contributed by atoms with Crippen LogP contribution in [0.25, 0.3) is 0 Å². The number of rotatable bonds is 7. The number of hydrogen-bond donors (Lipinski definition) is 0. The van der Waals surface area contributed by atoms with Crippen molar-refractivity contribution in [3.8, 4) is 0 Å². The first kappa shape index (κ1) is 15.9. The molecule has 0 atom stereocenters. The van der Waals surface area contributed by atoms with E-state index < -0.39 is 9.84 Å². The van der Waals surface area contributed by atoms with E-state index in [9.17, 15) is 8.42 Å². The van der Waals surface area contributed by atoms with Crippen LogP contribution in [0.2, 0.25) is 0 Å². The third kappa shape index (κ3) is 5.43. The van der Waals surface area contributed by atoms with Crippen molar-refractivity contribution in [2.75, 3.05) is 12.0 Å². The van der Waals surface area contributed by atoms with E-state index in [2.05, 4.69) is 17.2 Å². The average Bonchev–Trinajstić information content (AvgIpc) is 2.77. The number of sulfone groups is 1. The minimum Gasteiger partial charge on any atom is -0.414 e. The Morgan fingerprint density at radius 2 is 1.95 bits per heavy atom. The van der Waals surface area contributed by atoms with Crippen LogP contribution in [0.15, 0.2) is 34.7 Å². The van der Waals surface area contributed by atoms with Gasteiger partial charge in [-0.1, -0.05) is 30.3 Å². The largest absolute Gasteiger partial charge is 0.414 e. The van der Waals surface area contributed by atoms with Gasteiger partial charge in [-0.3, -0.25) is 0 Å². The Hall–Kier alpha value is -1.47. The van der Waals surface area contributed by atoms with E-state index in [1.54, 1.807) is 0 Å². The number of benzene rings is 1. The quantitative estimate of drug-likeness (QED) is 0.731. The van der Waals surface area contributed by atoms with Crippen LogP contribution >= 0.6 is 12.2 Å². The topological polar surface area (TPSA) is 65.1 Å². The summed E-state index contributed by atoms with van der Waals surface area (Å²) in [7, 11) is -3.03. The van der Waals surface area contributed by atoms with Crippen molar-refractivity contribution in [1.82, 2.24) is 9.78 Å². The van der Waals surface area contributed by atoms with Gasteiger partial charge >= 0.3 is 0 Å². The molecule has 0 aliphatic heterocycles. The summed E-state index contributed by atoms with van der Waals surface area (Å²) in [5.74, 6) is 0.571. The predicted molar refractivity (Wildman–Crippen MR) is 83.5 cm³/mol. The van der Waals surface area contributed by atoms with Crippen LogP contribution in [-0.4, -0.2) is 30.2 Å². The first-order valence-electron chi connectivity index (χ1n) is 6.72. The highest BCUT2D eigenvalue weighted by molar-refractivity contribution is 7.90. The van der Waals surface area contributed by atoms with E-state index in [1.807, 2.05) is 18.2 Å². The molecule has 114 valence electrons. The van der Waals surface area contributed by atoms with Crippen LogP contribution in [0, 0.1) is 4.84 Å². The number of nitrogens with zero attached hydrogens (tertiary/aromatic N) is 2.